The first kappa shape index (κ1) is 14.3. The number of nitrogens with zero attached hydrogens (tertiary/aromatic N) is 2. The molecule has 0 saturated carbocycles. The van der Waals surface area contributed by atoms with Crippen LogP contribution in [0.4, 0.5) is 13.2 Å². The zero-order chi connectivity index (χ0) is 15.6. The maximum atomic E-state index is 13.1. The summed E-state index contributed by atoms with van der Waals surface area (Å²) in [6.45, 7) is 0. The second kappa shape index (κ2) is 4.20. The topological polar surface area (TPSA) is 84.6 Å². The predicted molar refractivity (Wildman–Crippen MR) is 61.1 cm³/mol. The van der Waals surface area contributed by atoms with E-state index in [0.717, 1.165) is 10.9 Å². The molecule has 1 aromatic rings. The van der Waals surface area contributed by atoms with Crippen molar-refractivity contribution in [3.63, 3.8) is 0 Å². The highest BCUT2D eigenvalue weighted by atomic mass is 19.4. The smallest absolute Gasteiger partial charge is 0.435 e. The molecule has 0 spiro atoms. The summed E-state index contributed by atoms with van der Waals surface area (Å²) in [5.41, 5.74) is -1.36. The summed E-state index contributed by atoms with van der Waals surface area (Å²) in [5.74, 6) is -5.77. The molecule has 4 unspecified atom stereocenters. The molecule has 2 saturated heterocycles. The molecule has 116 valence electrons. The fourth-order valence-corrected chi connectivity index (χ4v) is 3.40. The number of ether oxygens (including phenoxy) is 1. The second-order valence-corrected chi connectivity index (χ2v) is 5.49. The van der Waals surface area contributed by atoms with Crippen LogP contribution in [0.25, 0.3) is 0 Å². The monoisotopic (exact) mass is 306 g/mol. The van der Waals surface area contributed by atoms with Gasteiger partial charge >= 0.3 is 12.1 Å². The van der Waals surface area contributed by atoms with Gasteiger partial charge in [-0.05, 0) is 6.42 Å². The van der Waals surface area contributed by atoms with E-state index in [0.29, 0.717) is 6.42 Å². The summed E-state index contributed by atoms with van der Waals surface area (Å²) in [5, 5.41) is 22.9. The first-order chi connectivity index (χ1) is 9.63. The zero-order valence-corrected chi connectivity index (χ0v) is 11.0. The van der Waals surface area contributed by atoms with E-state index in [9.17, 15) is 28.2 Å². The zero-order valence-electron chi connectivity index (χ0n) is 11.0. The molecule has 2 aliphatic rings. The number of aliphatic hydroxyl groups is 1. The van der Waals surface area contributed by atoms with Crippen molar-refractivity contribution in [2.75, 3.05) is 0 Å². The first-order valence-corrected chi connectivity index (χ1v) is 6.37. The van der Waals surface area contributed by atoms with Gasteiger partial charge < -0.3 is 14.9 Å². The third-order valence-electron chi connectivity index (χ3n) is 4.14. The summed E-state index contributed by atoms with van der Waals surface area (Å²) in [4.78, 5) is 11.4. The molecule has 0 radical (unpaired) electrons. The minimum absolute atomic E-state index is 0.104. The van der Waals surface area contributed by atoms with Crippen molar-refractivity contribution in [1.29, 1.82) is 0 Å². The molecular formula is C12H13F3N2O4. The molecule has 4 atom stereocenters. The lowest BCUT2D eigenvalue weighted by molar-refractivity contribution is -0.193. The fourth-order valence-electron chi connectivity index (χ4n) is 3.40. The lowest BCUT2D eigenvalue weighted by Crippen LogP contribution is -2.42. The third kappa shape index (κ3) is 2.03. The number of carboxylic acid groups (broad SMARTS) is 1. The molecule has 9 heteroatoms. The highest BCUT2D eigenvalue weighted by Crippen LogP contribution is 2.55. The maximum Gasteiger partial charge on any atom is 0.435 e. The number of carbonyl (C=O) groups is 1. The highest BCUT2D eigenvalue weighted by molar-refractivity contribution is 5.74. The quantitative estimate of drug-likeness (QED) is 0.855. The molecule has 0 aliphatic carbocycles. The van der Waals surface area contributed by atoms with E-state index in [2.05, 4.69) is 5.10 Å². The standard InChI is InChI=1S/C12H13F3N2O4/c1-17-4-5(9(16-17)12(13,14)15)7-6-2-3-11(20,21-6)8(7)10(18)19/h4,6-8,20H,2-3H2,1H3,(H,18,19). The largest absolute Gasteiger partial charge is 0.481 e. The van der Waals surface area contributed by atoms with Crippen LogP contribution in [0.1, 0.15) is 30.0 Å². The van der Waals surface area contributed by atoms with Gasteiger partial charge in [-0.15, -0.1) is 0 Å². The minimum atomic E-state index is -4.69. The van der Waals surface area contributed by atoms with Crippen LogP contribution in [-0.4, -0.2) is 37.9 Å². The molecule has 1 aromatic heterocycles. The van der Waals surface area contributed by atoms with Gasteiger partial charge in [0.2, 0.25) is 0 Å². The first-order valence-electron chi connectivity index (χ1n) is 6.37. The van der Waals surface area contributed by atoms with Crippen LogP contribution >= 0.6 is 0 Å². The van der Waals surface area contributed by atoms with Crippen molar-refractivity contribution in [2.45, 2.75) is 36.8 Å². The SMILES string of the molecule is Cn1cc(C2C3CCC(O)(O3)C2C(=O)O)c(C(F)(F)F)n1. The molecule has 2 fully saturated rings. The summed E-state index contributed by atoms with van der Waals surface area (Å²) >= 11 is 0. The van der Waals surface area contributed by atoms with Gasteiger partial charge in [0.15, 0.2) is 11.5 Å². The van der Waals surface area contributed by atoms with Crippen LogP contribution in [0, 0.1) is 5.92 Å². The Morgan fingerprint density at radius 2 is 2.24 bits per heavy atom. The minimum Gasteiger partial charge on any atom is -0.481 e. The van der Waals surface area contributed by atoms with Gasteiger partial charge in [0.05, 0.1) is 6.10 Å². The summed E-state index contributed by atoms with van der Waals surface area (Å²) < 4.78 is 45.4. The lowest BCUT2D eigenvalue weighted by Gasteiger charge is -2.29. The van der Waals surface area contributed by atoms with Gasteiger partial charge in [-0.25, -0.2) is 0 Å². The molecule has 6 nitrogen and oxygen atoms in total. The van der Waals surface area contributed by atoms with Crippen molar-refractivity contribution < 1.29 is 32.9 Å². The predicted octanol–water partition coefficient (Wildman–Crippen LogP) is 1.10. The van der Waals surface area contributed by atoms with Crippen molar-refractivity contribution in [3.8, 4) is 0 Å². The maximum absolute atomic E-state index is 13.1. The van der Waals surface area contributed by atoms with Crippen LogP contribution in [-0.2, 0) is 22.8 Å². The Balaban J connectivity index is 2.10. The Morgan fingerprint density at radius 3 is 2.81 bits per heavy atom. The van der Waals surface area contributed by atoms with Crippen molar-refractivity contribution in [1.82, 2.24) is 9.78 Å². The summed E-state index contributed by atoms with van der Waals surface area (Å²) in [6, 6.07) is 0. The van der Waals surface area contributed by atoms with Gasteiger partial charge in [-0.3, -0.25) is 9.48 Å². The number of hydrogen-bond donors (Lipinski definition) is 2. The van der Waals surface area contributed by atoms with E-state index in [1.807, 2.05) is 0 Å². The average Bonchev–Trinajstić information content (AvgIpc) is 2.96. The fraction of sp³-hybridized carbons (Fsp3) is 0.667. The summed E-state index contributed by atoms with van der Waals surface area (Å²) in [7, 11) is 1.33. The molecular weight excluding hydrogens is 293 g/mol. The van der Waals surface area contributed by atoms with Crippen molar-refractivity contribution in [3.05, 3.63) is 17.5 Å². The number of fused-ring (bicyclic) bond motifs is 2. The molecule has 0 aromatic carbocycles. The highest BCUT2D eigenvalue weighted by Gasteiger charge is 2.63. The van der Waals surface area contributed by atoms with Crippen LogP contribution in [0.5, 0.6) is 0 Å². The van der Waals surface area contributed by atoms with E-state index in [-0.39, 0.29) is 12.0 Å². The van der Waals surface area contributed by atoms with E-state index < -0.39 is 41.6 Å². The molecule has 2 N–H and O–H groups in total. The van der Waals surface area contributed by atoms with Crippen LogP contribution in [0.3, 0.4) is 0 Å². The number of carboxylic acids is 1. The molecule has 0 amide bonds. The number of aromatic nitrogens is 2. The number of aryl methyl sites for hydroxylation is 1. The lowest BCUT2D eigenvalue weighted by atomic mass is 9.74. The van der Waals surface area contributed by atoms with Crippen LogP contribution in [0.15, 0.2) is 6.20 Å². The molecule has 2 bridgehead atoms. The van der Waals surface area contributed by atoms with Gasteiger partial charge in [-0.1, -0.05) is 0 Å². The number of alkyl halides is 3. The third-order valence-corrected chi connectivity index (χ3v) is 4.14. The Bertz CT molecular complexity index is 600. The van der Waals surface area contributed by atoms with E-state index in [4.69, 9.17) is 4.74 Å². The Hall–Kier alpha value is -1.61. The van der Waals surface area contributed by atoms with E-state index >= 15 is 0 Å². The Labute approximate surface area is 117 Å². The van der Waals surface area contributed by atoms with Crippen molar-refractivity contribution in [2.24, 2.45) is 13.0 Å². The molecule has 3 heterocycles. The van der Waals surface area contributed by atoms with Gasteiger partial charge in [-0.2, -0.15) is 18.3 Å². The van der Waals surface area contributed by atoms with Crippen molar-refractivity contribution >= 4 is 5.97 Å². The summed E-state index contributed by atoms with van der Waals surface area (Å²) in [6.07, 6.45) is -3.87. The number of aliphatic carboxylic acids is 1. The van der Waals surface area contributed by atoms with Gasteiger partial charge in [0.1, 0.15) is 5.92 Å². The van der Waals surface area contributed by atoms with Gasteiger partial charge in [0, 0.05) is 31.1 Å². The normalized spacial score (nSPS) is 35.4. The number of hydrogen-bond acceptors (Lipinski definition) is 4. The molecule has 21 heavy (non-hydrogen) atoms. The molecule has 3 rings (SSSR count). The Morgan fingerprint density at radius 1 is 1.57 bits per heavy atom. The van der Waals surface area contributed by atoms with Crippen LogP contribution in [0.2, 0.25) is 0 Å². The Kier molecular flexibility index (Phi) is 2.87. The van der Waals surface area contributed by atoms with E-state index in [1.165, 1.54) is 7.05 Å². The number of halogens is 3. The molecule has 2 aliphatic heterocycles. The second-order valence-electron chi connectivity index (χ2n) is 5.49. The van der Waals surface area contributed by atoms with Crippen LogP contribution < -0.4 is 0 Å². The van der Waals surface area contributed by atoms with Gasteiger partial charge in [0.25, 0.3) is 0 Å². The average molecular weight is 306 g/mol. The number of rotatable bonds is 2. The van der Waals surface area contributed by atoms with E-state index in [1.54, 1.807) is 0 Å².